The van der Waals surface area contributed by atoms with Gasteiger partial charge in [0, 0.05) is 24.2 Å². The van der Waals surface area contributed by atoms with E-state index in [1.54, 1.807) is 25.1 Å². The van der Waals surface area contributed by atoms with Gasteiger partial charge in [0.1, 0.15) is 5.75 Å². The fourth-order valence-electron chi connectivity index (χ4n) is 3.71. The first kappa shape index (κ1) is 18.5. The molecule has 0 saturated carbocycles. The molecule has 0 spiro atoms. The third-order valence-electron chi connectivity index (χ3n) is 5.48. The highest BCUT2D eigenvalue weighted by molar-refractivity contribution is 5.96. The number of aliphatic hydroxyl groups excluding tert-OH is 1. The molecule has 3 rings (SSSR count). The molecule has 1 amide bonds. The fourth-order valence-corrected chi connectivity index (χ4v) is 3.71. The smallest absolute Gasteiger partial charge is 0.254 e. The van der Waals surface area contributed by atoms with E-state index in [0.29, 0.717) is 24.2 Å². The molecule has 1 aliphatic rings. The van der Waals surface area contributed by atoms with E-state index in [4.69, 9.17) is 0 Å². The van der Waals surface area contributed by atoms with Crippen LogP contribution in [0.4, 0.5) is 0 Å². The summed E-state index contributed by atoms with van der Waals surface area (Å²) in [5.74, 6) is 0.366. The van der Waals surface area contributed by atoms with Crippen LogP contribution in [0.1, 0.15) is 40.7 Å². The zero-order valence-corrected chi connectivity index (χ0v) is 15.3. The molecule has 138 valence electrons. The second-order valence-corrected chi connectivity index (χ2v) is 7.17. The predicted molar refractivity (Wildman–Crippen MR) is 102 cm³/mol. The van der Waals surface area contributed by atoms with E-state index in [-0.39, 0.29) is 23.7 Å². The highest BCUT2D eigenvalue weighted by Crippen LogP contribution is 2.26. The van der Waals surface area contributed by atoms with E-state index in [2.05, 4.69) is 12.1 Å². The Kier molecular flexibility index (Phi) is 5.94. The maximum Gasteiger partial charge on any atom is 0.254 e. The van der Waals surface area contributed by atoms with Gasteiger partial charge >= 0.3 is 0 Å². The summed E-state index contributed by atoms with van der Waals surface area (Å²) in [6.45, 7) is 3.07. The van der Waals surface area contributed by atoms with Crippen molar-refractivity contribution in [3.05, 3.63) is 65.2 Å². The lowest BCUT2D eigenvalue weighted by molar-refractivity contribution is 0.0436. The summed E-state index contributed by atoms with van der Waals surface area (Å²) in [7, 11) is 0. The normalized spacial score (nSPS) is 16.5. The number of hydrogen-bond donors (Lipinski definition) is 2. The highest BCUT2D eigenvalue weighted by Gasteiger charge is 2.28. The molecule has 0 aromatic heterocycles. The number of phenolic OH excluding ortho intramolecular Hbond substituents is 1. The second kappa shape index (κ2) is 8.37. The third kappa shape index (κ3) is 4.25. The number of aliphatic hydroxyl groups is 1. The summed E-state index contributed by atoms with van der Waals surface area (Å²) in [6.07, 6.45) is 2.95. The number of piperidine rings is 1. The maximum atomic E-state index is 12.7. The lowest BCUT2D eigenvalue weighted by Crippen LogP contribution is -2.41. The van der Waals surface area contributed by atoms with Gasteiger partial charge in [-0.3, -0.25) is 4.79 Å². The number of aryl methyl sites for hydroxylation is 1. The van der Waals surface area contributed by atoms with Gasteiger partial charge in [0.25, 0.3) is 5.91 Å². The summed E-state index contributed by atoms with van der Waals surface area (Å²) in [5.41, 5.74) is 2.44. The van der Waals surface area contributed by atoms with Gasteiger partial charge in [0.15, 0.2) is 0 Å². The summed E-state index contributed by atoms with van der Waals surface area (Å²) in [6, 6.07) is 15.3. The van der Waals surface area contributed by atoms with Gasteiger partial charge in [-0.2, -0.15) is 0 Å². The molecule has 0 radical (unpaired) electrons. The lowest BCUT2D eigenvalue weighted by atomic mass is 9.88. The standard InChI is InChI=1S/C22H27NO3/c1-16-19(8-5-9-20(16)24)22(26)23-14-12-18(13-15-23)21(25)11-10-17-6-3-2-4-7-17/h2-9,18,21,24-25H,10-15H2,1H3/t21-/m1/s1. The molecular weight excluding hydrogens is 326 g/mol. The van der Waals surface area contributed by atoms with Crippen molar-refractivity contribution < 1.29 is 15.0 Å². The Morgan fingerprint density at radius 1 is 1.12 bits per heavy atom. The van der Waals surface area contributed by atoms with Crippen molar-refractivity contribution in [2.24, 2.45) is 5.92 Å². The van der Waals surface area contributed by atoms with Crippen molar-refractivity contribution in [3.63, 3.8) is 0 Å². The van der Waals surface area contributed by atoms with Crippen molar-refractivity contribution >= 4 is 5.91 Å². The van der Waals surface area contributed by atoms with Crippen LogP contribution in [0.5, 0.6) is 5.75 Å². The molecule has 1 aliphatic heterocycles. The molecule has 4 nitrogen and oxygen atoms in total. The molecule has 4 heteroatoms. The average Bonchev–Trinajstić information content (AvgIpc) is 2.68. The fraction of sp³-hybridized carbons (Fsp3) is 0.409. The molecule has 2 aromatic carbocycles. The van der Waals surface area contributed by atoms with Crippen molar-refractivity contribution in [3.8, 4) is 5.75 Å². The van der Waals surface area contributed by atoms with Gasteiger partial charge in [-0.25, -0.2) is 0 Å². The van der Waals surface area contributed by atoms with E-state index >= 15 is 0 Å². The Labute approximate surface area is 155 Å². The van der Waals surface area contributed by atoms with Crippen LogP contribution >= 0.6 is 0 Å². The van der Waals surface area contributed by atoms with Gasteiger partial charge in [0.05, 0.1) is 6.10 Å². The third-order valence-corrected chi connectivity index (χ3v) is 5.48. The summed E-state index contributed by atoms with van der Waals surface area (Å²) in [4.78, 5) is 14.5. The van der Waals surface area contributed by atoms with Crippen molar-refractivity contribution in [2.45, 2.75) is 38.7 Å². The summed E-state index contributed by atoms with van der Waals surface area (Å²) in [5, 5.41) is 20.3. The zero-order chi connectivity index (χ0) is 18.5. The molecule has 1 atom stereocenters. The first-order chi connectivity index (χ1) is 12.6. The van der Waals surface area contributed by atoms with Crippen LogP contribution in [-0.4, -0.2) is 40.2 Å². The number of hydrogen-bond acceptors (Lipinski definition) is 3. The van der Waals surface area contributed by atoms with Crippen LogP contribution in [0.3, 0.4) is 0 Å². The van der Waals surface area contributed by atoms with Crippen molar-refractivity contribution in [1.29, 1.82) is 0 Å². The van der Waals surface area contributed by atoms with Crippen LogP contribution in [0.25, 0.3) is 0 Å². The monoisotopic (exact) mass is 353 g/mol. The Morgan fingerprint density at radius 3 is 2.50 bits per heavy atom. The van der Waals surface area contributed by atoms with Crippen LogP contribution in [-0.2, 0) is 6.42 Å². The van der Waals surface area contributed by atoms with Crippen LogP contribution in [0, 0.1) is 12.8 Å². The average molecular weight is 353 g/mol. The molecule has 0 unspecified atom stereocenters. The minimum absolute atomic E-state index is 0.0318. The molecule has 1 saturated heterocycles. The number of amides is 1. The quantitative estimate of drug-likeness (QED) is 0.864. The SMILES string of the molecule is Cc1c(O)cccc1C(=O)N1CCC([C@H](O)CCc2ccccc2)CC1. The van der Waals surface area contributed by atoms with E-state index < -0.39 is 0 Å². The van der Waals surface area contributed by atoms with Crippen LogP contribution in [0.15, 0.2) is 48.5 Å². The topological polar surface area (TPSA) is 60.8 Å². The van der Waals surface area contributed by atoms with E-state index in [1.165, 1.54) is 5.56 Å². The first-order valence-electron chi connectivity index (χ1n) is 9.36. The molecule has 26 heavy (non-hydrogen) atoms. The number of aromatic hydroxyl groups is 1. The zero-order valence-electron chi connectivity index (χ0n) is 15.3. The van der Waals surface area contributed by atoms with Gasteiger partial charge < -0.3 is 15.1 Å². The molecular formula is C22H27NO3. The Balaban J connectivity index is 1.52. The number of carbonyl (C=O) groups is 1. The first-order valence-corrected chi connectivity index (χ1v) is 9.36. The number of phenols is 1. The van der Waals surface area contributed by atoms with Gasteiger partial charge in [-0.1, -0.05) is 36.4 Å². The summed E-state index contributed by atoms with van der Waals surface area (Å²) < 4.78 is 0. The number of likely N-dealkylation sites (tertiary alicyclic amines) is 1. The van der Waals surface area contributed by atoms with Gasteiger partial charge in [-0.05, 0) is 56.2 Å². The van der Waals surface area contributed by atoms with Crippen LogP contribution in [0.2, 0.25) is 0 Å². The van der Waals surface area contributed by atoms with E-state index in [9.17, 15) is 15.0 Å². The minimum Gasteiger partial charge on any atom is -0.508 e. The Bertz CT molecular complexity index is 736. The molecule has 1 fully saturated rings. The maximum absolute atomic E-state index is 12.7. The highest BCUT2D eigenvalue weighted by atomic mass is 16.3. The van der Waals surface area contributed by atoms with Gasteiger partial charge in [-0.15, -0.1) is 0 Å². The van der Waals surface area contributed by atoms with Crippen LogP contribution < -0.4 is 0 Å². The lowest BCUT2D eigenvalue weighted by Gasteiger charge is -2.34. The molecule has 0 aliphatic carbocycles. The predicted octanol–water partition coefficient (Wildman–Crippen LogP) is 3.55. The number of rotatable bonds is 5. The van der Waals surface area contributed by atoms with E-state index in [1.807, 2.05) is 23.1 Å². The van der Waals surface area contributed by atoms with Gasteiger partial charge in [0.2, 0.25) is 0 Å². The molecule has 0 bridgehead atoms. The van der Waals surface area contributed by atoms with E-state index in [0.717, 1.165) is 25.7 Å². The minimum atomic E-state index is -0.324. The number of benzene rings is 2. The number of carbonyl (C=O) groups excluding carboxylic acids is 1. The molecule has 2 aromatic rings. The van der Waals surface area contributed by atoms with Crippen molar-refractivity contribution in [1.82, 2.24) is 4.90 Å². The van der Waals surface area contributed by atoms with Crippen molar-refractivity contribution in [2.75, 3.05) is 13.1 Å². The number of nitrogens with zero attached hydrogens (tertiary/aromatic N) is 1. The molecule has 2 N–H and O–H groups in total. The Morgan fingerprint density at radius 2 is 1.81 bits per heavy atom. The molecule has 1 heterocycles. The summed E-state index contributed by atoms with van der Waals surface area (Å²) >= 11 is 0. The Hall–Kier alpha value is -2.33. The largest absolute Gasteiger partial charge is 0.508 e. The second-order valence-electron chi connectivity index (χ2n) is 7.17.